The average molecular weight is 627 g/mol. The number of sulfonamides is 1. The van der Waals surface area contributed by atoms with Gasteiger partial charge in [-0.1, -0.05) is 81.6 Å². The first-order valence-corrected chi connectivity index (χ1v) is 14.6. The van der Waals surface area contributed by atoms with Gasteiger partial charge in [0, 0.05) is 34.5 Å². The number of amides is 2. The summed E-state index contributed by atoms with van der Waals surface area (Å²) in [5.41, 5.74) is 1.77. The van der Waals surface area contributed by atoms with E-state index in [1.165, 1.54) is 30.1 Å². The van der Waals surface area contributed by atoms with Gasteiger partial charge in [0.15, 0.2) is 0 Å². The van der Waals surface area contributed by atoms with E-state index in [0.717, 1.165) is 26.2 Å². The minimum absolute atomic E-state index is 0.0805. The number of halogens is 3. The van der Waals surface area contributed by atoms with Gasteiger partial charge in [0.05, 0.1) is 11.9 Å². The van der Waals surface area contributed by atoms with Gasteiger partial charge in [-0.15, -0.1) is 0 Å². The van der Waals surface area contributed by atoms with E-state index in [1.54, 1.807) is 0 Å². The normalized spacial score (nSPS) is 12.0. The molecule has 1 atom stereocenters. The van der Waals surface area contributed by atoms with Crippen LogP contribution < -0.4 is 9.62 Å². The molecule has 3 aromatic carbocycles. The summed E-state index contributed by atoms with van der Waals surface area (Å²) in [6.07, 6.45) is 1.23. The van der Waals surface area contributed by atoms with E-state index in [4.69, 9.17) is 23.2 Å². The Bertz CT molecular complexity index is 1350. The second-order valence-electron chi connectivity index (χ2n) is 8.37. The molecule has 0 bridgehead atoms. The van der Waals surface area contributed by atoms with Gasteiger partial charge in [-0.3, -0.25) is 13.9 Å². The molecule has 0 radical (unpaired) electrons. The monoisotopic (exact) mass is 625 g/mol. The average Bonchev–Trinajstić information content (AvgIpc) is 2.83. The predicted octanol–water partition coefficient (Wildman–Crippen LogP) is 4.91. The van der Waals surface area contributed by atoms with Crippen molar-refractivity contribution < 1.29 is 18.0 Å². The fourth-order valence-electron chi connectivity index (χ4n) is 3.85. The number of anilines is 1. The summed E-state index contributed by atoms with van der Waals surface area (Å²) < 4.78 is 27.2. The first-order valence-electron chi connectivity index (χ1n) is 11.2. The lowest BCUT2D eigenvalue weighted by Gasteiger charge is -2.33. The van der Waals surface area contributed by atoms with Crippen LogP contribution in [0.3, 0.4) is 0 Å². The SMILES string of the molecule is CNC(=O)[C@@H](Cc1ccccc1)N(Cc1cccc(Br)c1)C(=O)CN(c1cc(Cl)cc(Cl)c1)S(C)(=O)=O. The highest BCUT2D eigenvalue weighted by Gasteiger charge is 2.32. The highest BCUT2D eigenvalue weighted by molar-refractivity contribution is 9.10. The number of hydrogen-bond donors (Lipinski definition) is 1. The minimum atomic E-state index is -3.91. The summed E-state index contributed by atoms with van der Waals surface area (Å²) in [5, 5.41) is 3.09. The molecule has 1 N–H and O–H groups in total. The Morgan fingerprint density at radius 3 is 2.14 bits per heavy atom. The molecule has 3 rings (SSSR count). The second-order valence-corrected chi connectivity index (χ2v) is 12.1. The van der Waals surface area contributed by atoms with E-state index in [1.807, 2.05) is 54.6 Å². The quantitative estimate of drug-likeness (QED) is 0.347. The van der Waals surface area contributed by atoms with Gasteiger partial charge in [0.1, 0.15) is 12.6 Å². The highest BCUT2D eigenvalue weighted by Crippen LogP contribution is 2.27. The first kappa shape index (κ1) is 29.0. The molecule has 0 aliphatic heterocycles. The molecule has 2 amide bonds. The standard InChI is InChI=1S/C26H26BrCl2N3O4S/c1-30-26(34)24(12-18-7-4-3-5-8-18)31(16-19-9-6-10-20(27)11-19)25(33)17-32(37(2,35)36)23-14-21(28)13-22(29)15-23/h3-11,13-15,24H,12,16-17H2,1-2H3,(H,30,34)/t24-/m1/s1. The molecule has 0 aliphatic carbocycles. The third-order valence-corrected chi connectivity index (χ3v) is 7.64. The molecule has 0 saturated carbocycles. The molecule has 0 heterocycles. The maximum Gasteiger partial charge on any atom is 0.244 e. The summed E-state index contributed by atoms with van der Waals surface area (Å²) in [6, 6.07) is 20.1. The number of carbonyl (C=O) groups is 2. The Labute approximate surface area is 235 Å². The zero-order chi connectivity index (χ0) is 27.2. The predicted molar refractivity (Wildman–Crippen MR) is 151 cm³/mol. The van der Waals surface area contributed by atoms with Gasteiger partial charge in [0.25, 0.3) is 0 Å². The van der Waals surface area contributed by atoms with Crippen LogP contribution in [0.5, 0.6) is 0 Å². The molecule has 3 aromatic rings. The summed E-state index contributed by atoms with van der Waals surface area (Å²) >= 11 is 15.7. The maximum atomic E-state index is 13.8. The van der Waals surface area contributed by atoms with Crippen molar-refractivity contribution in [3.05, 3.63) is 98.4 Å². The zero-order valence-electron chi connectivity index (χ0n) is 20.2. The van der Waals surface area contributed by atoms with Crippen LogP contribution in [0.4, 0.5) is 5.69 Å². The van der Waals surface area contributed by atoms with Crippen molar-refractivity contribution in [2.24, 2.45) is 0 Å². The molecule has 7 nitrogen and oxygen atoms in total. The molecule has 0 aromatic heterocycles. The molecule has 0 fully saturated rings. The number of rotatable bonds is 10. The summed E-state index contributed by atoms with van der Waals surface area (Å²) in [4.78, 5) is 28.3. The van der Waals surface area contributed by atoms with E-state index in [0.29, 0.717) is 0 Å². The third-order valence-electron chi connectivity index (χ3n) is 5.57. The fraction of sp³-hybridized carbons (Fsp3) is 0.231. The van der Waals surface area contributed by atoms with E-state index in [-0.39, 0.29) is 34.6 Å². The number of nitrogens with zero attached hydrogens (tertiary/aromatic N) is 2. The lowest BCUT2D eigenvalue weighted by molar-refractivity contribution is -0.139. The Morgan fingerprint density at radius 1 is 0.946 bits per heavy atom. The zero-order valence-corrected chi connectivity index (χ0v) is 24.1. The van der Waals surface area contributed by atoms with Crippen LogP contribution >= 0.6 is 39.1 Å². The Hall–Kier alpha value is -2.59. The highest BCUT2D eigenvalue weighted by atomic mass is 79.9. The van der Waals surface area contributed by atoms with E-state index >= 15 is 0 Å². The van der Waals surface area contributed by atoms with Crippen LogP contribution in [-0.4, -0.2) is 51.0 Å². The molecule has 0 aliphatic rings. The van der Waals surface area contributed by atoms with Gasteiger partial charge in [-0.2, -0.15) is 0 Å². The molecular weight excluding hydrogens is 601 g/mol. The lowest BCUT2D eigenvalue weighted by atomic mass is 10.0. The maximum absolute atomic E-state index is 13.8. The number of benzene rings is 3. The van der Waals surface area contributed by atoms with Crippen molar-refractivity contribution in [1.29, 1.82) is 0 Å². The van der Waals surface area contributed by atoms with Crippen molar-refractivity contribution >= 4 is 66.7 Å². The van der Waals surface area contributed by atoms with Crippen molar-refractivity contribution in [3.63, 3.8) is 0 Å². The van der Waals surface area contributed by atoms with Crippen LogP contribution in [0.25, 0.3) is 0 Å². The molecular formula is C26H26BrCl2N3O4S. The smallest absolute Gasteiger partial charge is 0.244 e. The minimum Gasteiger partial charge on any atom is -0.357 e. The van der Waals surface area contributed by atoms with Crippen LogP contribution in [0, 0.1) is 0 Å². The topological polar surface area (TPSA) is 86.8 Å². The number of hydrogen-bond acceptors (Lipinski definition) is 4. The largest absolute Gasteiger partial charge is 0.357 e. The third kappa shape index (κ3) is 8.20. The number of likely N-dealkylation sites (N-methyl/N-ethyl adjacent to an activating group) is 1. The Kier molecular flexibility index (Phi) is 10.0. The van der Waals surface area contributed by atoms with Gasteiger partial charge in [-0.25, -0.2) is 8.42 Å². The molecule has 0 unspecified atom stereocenters. The van der Waals surface area contributed by atoms with E-state index in [2.05, 4.69) is 21.2 Å². The Morgan fingerprint density at radius 2 is 1.57 bits per heavy atom. The van der Waals surface area contributed by atoms with Gasteiger partial charge in [-0.05, 0) is 41.5 Å². The summed E-state index contributed by atoms with van der Waals surface area (Å²) in [6.45, 7) is -0.469. The molecule has 196 valence electrons. The molecule has 0 spiro atoms. The molecule has 11 heteroatoms. The van der Waals surface area contributed by atoms with Gasteiger partial charge in [0.2, 0.25) is 21.8 Å². The number of nitrogens with one attached hydrogen (secondary N) is 1. The summed E-state index contributed by atoms with van der Waals surface area (Å²) in [7, 11) is -2.41. The van der Waals surface area contributed by atoms with Crippen LogP contribution in [-0.2, 0) is 32.6 Å². The van der Waals surface area contributed by atoms with E-state index < -0.39 is 28.5 Å². The van der Waals surface area contributed by atoms with Crippen LogP contribution in [0.15, 0.2) is 77.3 Å². The fourth-order valence-corrected chi connectivity index (χ4v) is 5.64. The van der Waals surface area contributed by atoms with Crippen molar-refractivity contribution in [2.75, 3.05) is 24.2 Å². The van der Waals surface area contributed by atoms with Crippen molar-refractivity contribution in [2.45, 2.75) is 19.0 Å². The van der Waals surface area contributed by atoms with E-state index in [9.17, 15) is 18.0 Å². The van der Waals surface area contributed by atoms with Crippen molar-refractivity contribution in [3.8, 4) is 0 Å². The number of carbonyl (C=O) groups excluding carboxylic acids is 2. The van der Waals surface area contributed by atoms with Crippen LogP contribution in [0.2, 0.25) is 10.0 Å². The Balaban J connectivity index is 2.04. The second kappa shape index (κ2) is 12.8. The first-order chi connectivity index (χ1) is 17.5. The van der Waals surface area contributed by atoms with Crippen molar-refractivity contribution in [1.82, 2.24) is 10.2 Å². The molecule has 37 heavy (non-hydrogen) atoms. The summed E-state index contributed by atoms with van der Waals surface area (Å²) in [5.74, 6) is -0.935. The lowest BCUT2D eigenvalue weighted by Crippen LogP contribution is -2.52. The van der Waals surface area contributed by atoms with Gasteiger partial charge < -0.3 is 10.2 Å². The van der Waals surface area contributed by atoms with Gasteiger partial charge >= 0.3 is 0 Å². The molecule has 0 saturated heterocycles. The van der Waals surface area contributed by atoms with Crippen LogP contribution in [0.1, 0.15) is 11.1 Å².